The van der Waals surface area contributed by atoms with Crippen LogP contribution in [-0.4, -0.2) is 31.2 Å². The van der Waals surface area contributed by atoms with E-state index in [0.717, 1.165) is 41.5 Å². The average molecular weight is 287 g/mol. The SMILES string of the molecule is CCCNc1nc(CS(C)(=O)=O)nc2c1CSC2. The smallest absolute Gasteiger partial charge is 0.154 e. The molecule has 5 nitrogen and oxygen atoms in total. The zero-order valence-electron chi connectivity index (χ0n) is 10.6. The summed E-state index contributed by atoms with van der Waals surface area (Å²) in [6, 6.07) is 0. The van der Waals surface area contributed by atoms with Crippen molar-refractivity contribution in [2.75, 3.05) is 18.1 Å². The summed E-state index contributed by atoms with van der Waals surface area (Å²) in [4.78, 5) is 8.71. The number of hydrogen-bond donors (Lipinski definition) is 1. The van der Waals surface area contributed by atoms with Gasteiger partial charge in [-0.25, -0.2) is 18.4 Å². The zero-order valence-corrected chi connectivity index (χ0v) is 12.2. The van der Waals surface area contributed by atoms with E-state index in [9.17, 15) is 8.42 Å². The predicted octanol–water partition coefficient (Wildman–Crippen LogP) is 1.59. The predicted molar refractivity (Wildman–Crippen MR) is 74.4 cm³/mol. The maximum absolute atomic E-state index is 11.3. The van der Waals surface area contributed by atoms with Crippen molar-refractivity contribution in [3.8, 4) is 0 Å². The van der Waals surface area contributed by atoms with Gasteiger partial charge in [0.2, 0.25) is 0 Å². The molecule has 0 saturated heterocycles. The number of thioether (sulfide) groups is 1. The standard InChI is InChI=1S/C11H17N3O2S2/c1-3-4-12-11-8-5-17-6-9(8)13-10(14-11)7-18(2,15)16/h3-7H2,1-2H3,(H,12,13,14). The third-order valence-corrected chi connectivity index (χ3v) is 4.31. The molecular weight excluding hydrogens is 270 g/mol. The van der Waals surface area contributed by atoms with Crippen LogP contribution in [0, 0.1) is 0 Å². The molecule has 2 rings (SSSR count). The number of anilines is 1. The number of nitrogens with one attached hydrogen (secondary N) is 1. The van der Waals surface area contributed by atoms with Gasteiger partial charge in [-0.2, -0.15) is 11.8 Å². The minimum absolute atomic E-state index is 0.0915. The van der Waals surface area contributed by atoms with E-state index >= 15 is 0 Å². The molecule has 0 spiro atoms. The maximum Gasteiger partial charge on any atom is 0.154 e. The molecule has 0 unspecified atom stereocenters. The Kier molecular flexibility index (Phi) is 4.11. The number of sulfone groups is 1. The Morgan fingerprint density at radius 2 is 2.11 bits per heavy atom. The lowest BCUT2D eigenvalue weighted by molar-refractivity contribution is 0.599. The summed E-state index contributed by atoms with van der Waals surface area (Å²) in [7, 11) is -3.09. The summed E-state index contributed by atoms with van der Waals surface area (Å²) in [6.07, 6.45) is 2.21. The molecule has 7 heteroatoms. The van der Waals surface area contributed by atoms with Crippen molar-refractivity contribution in [1.29, 1.82) is 0 Å². The first-order chi connectivity index (χ1) is 8.49. The van der Waals surface area contributed by atoms with Crippen molar-refractivity contribution in [2.24, 2.45) is 0 Å². The second-order valence-corrected chi connectivity index (χ2v) is 7.53. The van der Waals surface area contributed by atoms with Crippen LogP contribution in [0.2, 0.25) is 0 Å². The van der Waals surface area contributed by atoms with Gasteiger partial charge < -0.3 is 5.32 Å². The molecule has 0 fully saturated rings. The largest absolute Gasteiger partial charge is 0.370 e. The fraction of sp³-hybridized carbons (Fsp3) is 0.636. The summed E-state index contributed by atoms with van der Waals surface area (Å²) in [5.74, 6) is 2.87. The molecule has 2 heterocycles. The lowest BCUT2D eigenvalue weighted by atomic mass is 10.2. The van der Waals surface area contributed by atoms with Crippen molar-refractivity contribution in [1.82, 2.24) is 9.97 Å². The Bertz CT molecular complexity index is 543. The summed E-state index contributed by atoms with van der Waals surface area (Å²) in [5, 5.41) is 3.26. The van der Waals surface area contributed by atoms with Crippen molar-refractivity contribution >= 4 is 27.4 Å². The van der Waals surface area contributed by atoms with Gasteiger partial charge in [0.05, 0.1) is 5.69 Å². The Morgan fingerprint density at radius 1 is 1.33 bits per heavy atom. The molecule has 18 heavy (non-hydrogen) atoms. The first-order valence-corrected chi connectivity index (χ1v) is 9.09. The van der Waals surface area contributed by atoms with Gasteiger partial charge in [0, 0.05) is 29.9 Å². The van der Waals surface area contributed by atoms with E-state index in [-0.39, 0.29) is 5.75 Å². The third kappa shape index (κ3) is 3.35. The summed E-state index contributed by atoms with van der Waals surface area (Å²) >= 11 is 1.79. The van der Waals surface area contributed by atoms with E-state index in [1.165, 1.54) is 6.26 Å². The van der Waals surface area contributed by atoms with E-state index < -0.39 is 9.84 Å². The molecular formula is C11H17N3O2S2. The van der Waals surface area contributed by atoms with Gasteiger partial charge in [0.1, 0.15) is 17.4 Å². The van der Waals surface area contributed by atoms with Crippen LogP contribution >= 0.6 is 11.8 Å². The molecule has 0 aromatic carbocycles. The highest BCUT2D eigenvalue weighted by molar-refractivity contribution is 7.98. The molecule has 0 radical (unpaired) electrons. The van der Waals surface area contributed by atoms with Gasteiger partial charge >= 0.3 is 0 Å². The molecule has 0 amide bonds. The van der Waals surface area contributed by atoms with Gasteiger partial charge in [0.15, 0.2) is 9.84 Å². The second-order valence-electron chi connectivity index (χ2n) is 4.40. The minimum atomic E-state index is -3.09. The zero-order chi connectivity index (χ0) is 13.2. The highest BCUT2D eigenvalue weighted by Crippen LogP contribution is 2.32. The van der Waals surface area contributed by atoms with Gasteiger partial charge in [-0.15, -0.1) is 0 Å². The molecule has 0 atom stereocenters. The molecule has 1 aromatic heterocycles. The van der Waals surface area contributed by atoms with E-state index in [1.54, 1.807) is 11.8 Å². The lowest BCUT2D eigenvalue weighted by Crippen LogP contribution is -2.12. The van der Waals surface area contributed by atoms with Gasteiger partial charge in [-0.1, -0.05) is 6.92 Å². The maximum atomic E-state index is 11.3. The molecule has 0 saturated carbocycles. The number of hydrogen-bond acceptors (Lipinski definition) is 6. The van der Waals surface area contributed by atoms with Crippen LogP contribution in [0.25, 0.3) is 0 Å². The Morgan fingerprint density at radius 3 is 2.78 bits per heavy atom. The average Bonchev–Trinajstić information content (AvgIpc) is 2.71. The van der Waals surface area contributed by atoms with Crippen molar-refractivity contribution < 1.29 is 8.42 Å². The van der Waals surface area contributed by atoms with E-state index in [1.807, 2.05) is 0 Å². The minimum Gasteiger partial charge on any atom is -0.370 e. The monoisotopic (exact) mass is 287 g/mol. The van der Waals surface area contributed by atoms with Crippen LogP contribution < -0.4 is 5.32 Å². The van der Waals surface area contributed by atoms with Gasteiger partial charge in [0.25, 0.3) is 0 Å². The lowest BCUT2D eigenvalue weighted by Gasteiger charge is -2.10. The number of rotatable bonds is 5. The topological polar surface area (TPSA) is 72.0 Å². The molecule has 1 aliphatic heterocycles. The van der Waals surface area contributed by atoms with Crippen molar-refractivity contribution in [3.63, 3.8) is 0 Å². The van der Waals surface area contributed by atoms with Crippen LogP contribution in [-0.2, 0) is 27.1 Å². The number of nitrogens with zero attached hydrogens (tertiary/aromatic N) is 2. The van der Waals surface area contributed by atoms with Gasteiger partial charge in [-0.3, -0.25) is 0 Å². The van der Waals surface area contributed by atoms with Crippen LogP contribution in [0.3, 0.4) is 0 Å². The molecule has 0 aliphatic carbocycles. The molecule has 100 valence electrons. The molecule has 1 aromatic rings. The highest BCUT2D eigenvalue weighted by atomic mass is 32.2. The number of aromatic nitrogens is 2. The Hall–Kier alpha value is -0.820. The fourth-order valence-electron chi connectivity index (χ4n) is 1.79. The van der Waals surface area contributed by atoms with Crippen molar-refractivity contribution in [3.05, 3.63) is 17.1 Å². The van der Waals surface area contributed by atoms with Crippen molar-refractivity contribution in [2.45, 2.75) is 30.6 Å². The molecule has 1 aliphatic rings. The van der Waals surface area contributed by atoms with Gasteiger partial charge in [-0.05, 0) is 6.42 Å². The van der Waals surface area contributed by atoms with E-state index in [4.69, 9.17) is 0 Å². The Balaban J connectivity index is 2.33. The highest BCUT2D eigenvalue weighted by Gasteiger charge is 2.20. The van der Waals surface area contributed by atoms with E-state index in [0.29, 0.717) is 5.82 Å². The first kappa shape index (κ1) is 13.6. The van der Waals surface area contributed by atoms with Crippen LogP contribution in [0.5, 0.6) is 0 Å². The second kappa shape index (κ2) is 5.44. The summed E-state index contributed by atoms with van der Waals surface area (Å²) < 4.78 is 22.6. The number of fused-ring (bicyclic) bond motifs is 1. The summed E-state index contributed by atoms with van der Waals surface area (Å²) in [5.41, 5.74) is 2.11. The molecule has 1 N–H and O–H groups in total. The van der Waals surface area contributed by atoms with Crippen LogP contribution in [0.4, 0.5) is 5.82 Å². The quantitative estimate of drug-likeness (QED) is 0.886. The fourth-order valence-corrected chi connectivity index (χ4v) is 3.43. The third-order valence-electron chi connectivity index (χ3n) is 2.56. The summed E-state index contributed by atoms with van der Waals surface area (Å²) in [6.45, 7) is 2.92. The molecule has 0 bridgehead atoms. The normalized spacial score (nSPS) is 14.6. The first-order valence-electron chi connectivity index (χ1n) is 5.87. The van der Waals surface area contributed by atoms with E-state index in [2.05, 4.69) is 22.2 Å². The van der Waals surface area contributed by atoms with Crippen LogP contribution in [0.15, 0.2) is 0 Å². The Labute approximate surface area is 112 Å². The van der Waals surface area contributed by atoms with Crippen LogP contribution in [0.1, 0.15) is 30.4 Å².